The van der Waals surface area contributed by atoms with Gasteiger partial charge in [0.1, 0.15) is 17.1 Å². The van der Waals surface area contributed by atoms with Gasteiger partial charge >= 0.3 is 5.97 Å². The van der Waals surface area contributed by atoms with Crippen LogP contribution in [0.4, 0.5) is 5.82 Å². The maximum Gasteiger partial charge on any atom is 0.336 e. The topological polar surface area (TPSA) is 209 Å². The molecule has 286 valence electrons. The van der Waals surface area contributed by atoms with Crippen LogP contribution in [0.1, 0.15) is 104 Å². The van der Waals surface area contributed by atoms with E-state index in [2.05, 4.69) is 20.3 Å². The molecule has 1 atom stereocenters. The summed E-state index contributed by atoms with van der Waals surface area (Å²) in [5.74, 6) is -2.03. The molecule has 0 aliphatic carbocycles. The average Bonchev–Trinajstić information content (AvgIpc) is 3.32. The highest BCUT2D eigenvalue weighted by atomic mass is 32.2. The lowest BCUT2D eigenvalue weighted by atomic mass is 9.97. The number of pyridine rings is 1. The first-order valence-electron chi connectivity index (χ1n) is 17.0. The van der Waals surface area contributed by atoms with Gasteiger partial charge in [0.2, 0.25) is 5.91 Å². The molecule has 3 rings (SSSR count). The molecule has 1 unspecified atom stereocenters. The highest BCUT2D eigenvalue weighted by Gasteiger charge is 2.35. The van der Waals surface area contributed by atoms with Gasteiger partial charge in [-0.2, -0.15) is 4.72 Å². The summed E-state index contributed by atoms with van der Waals surface area (Å²) in [6.45, 7) is 15.0. The van der Waals surface area contributed by atoms with Crippen LogP contribution >= 0.6 is 0 Å². The second kappa shape index (κ2) is 17.5. The standard InChI is InChI=1S/C36H51N5O10S/c1-33(2,17-19-50-36(7,8)22-31(46)51-41-29(44)15-16-30(41)45)38-28(43)21-35(5,6)49-20-18-34(3,4)39-32(47)24-9-14-27(37-23-24)40-52(48)26-12-10-25(42)11-13-26/h9-14,23,42H,15-22H2,1-8H3,(H,37,40)(H,38,43)(H,39,47). The number of carbonyl (C=O) groups excluding carboxylic acids is 5. The van der Waals surface area contributed by atoms with Gasteiger partial charge in [0.05, 0.1) is 29.6 Å². The minimum atomic E-state index is -1.60. The number of anilines is 1. The largest absolute Gasteiger partial charge is 0.588 e. The molecule has 4 N–H and O–H groups in total. The van der Waals surface area contributed by atoms with Gasteiger partial charge in [0, 0.05) is 43.3 Å². The maximum absolute atomic E-state index is 13.0. The zero-order valence-corrected chi connectivity index (χ0v) is 31.9. The van der Waals surface area contributed by atoms with E-state index in [4.69, 9.17) is 14.3 Å². The monoisotopic (exact) mass is 745 g/mol. The molecule has 1 fully saturated rings. The van der Waals surface area contributed by atoms with Crippen molar-refractivity contribution in [3.8, 4) is 5.75 Å². The van der Waals surface area contributed by atoms with Crippen molar-refractivity contribution >= 4 is 46.8 Å². The highest BCUT2D eigenvalue weighted by Crippen LogP contribution is 2.23. The Bertz CT molecular complexity index is 1560. The number of nitrogens with zero attached hydrogens (tertiary/aromatic N) is 2. The summed E-state index contributed by atoms with van der Waals surface area (Å²) < 4.78 is 27.2. The fourth-order valence-electron chi connectivity index (χ4n) is 5.03. The lowest BCUT2D eigenvalue weighted by molar-refractivity contribution is -0.200. The first kappa shape index (κ1) is 42.2. The van der Waals surface area contributed by atoms with Crippen LogP contribution in [-0.4, -0.2) is 84.8 Å². The SMILES string of the molecule is CC(C)(CCOC(C)(C)CC(=O)ON1C(=O)CCC1=O)NC(=O)CC(C)(C)OCCC(C)(C)NC(=O)c1ccc(N[S+]([O-])c2ccc(O)cc2)nc1. The molecular formula is C36H51N5O10S. The number of aromatic nitrogens is 1. The third-order valence-electron chi connectivity index (χ3n) is 8.00. The Balaban J connectivity index is 1.37. The number of hydrogen-bond acceptors (Lipinski definition) is 12. The number of ether oxygens (including phenoxy) is 2. The fourth-order valence-corrected chi connectivity index (χ4v) is 5.84. The van der Waals surface area contributed by atoms with Gasteiger partial charge in [-0.25, -0.2) is 9.78 Å². The summed E-state index contributed by atoms with van der Waals surface area (Å²) in [4.78, 5) is 71.2. The Kier molecular flexibility index (Phi) is 14.2. The Hall–Kier alpha value is -4.25. The Morgan fingerprint density at radius 2 is 1.37 bits per heavy atom. The smallest absolute Gasteiger partial charge is 0.336 e. The van der Waals surface area contributed by atoms with E-state index in [0.717, 1.165) is 0 Å². The molecule has 0 bridgehead atoms. The van der Waals surface area contributed by atoms with E-state index in [1.165, 1.54) is 30.5 Å². The van der Waals surface area contributed by atoms with Crippen LogP contribution < -0.4 is 15.4 Å². The van der Waals surface area contributed by atoms with Crippen molar-refractivity contribution < 1.29 is 47.9 Å². The number of benzene rings is 1. The molecule has 0 spiro atoms. The first-order chi connectivity index (χ1) is 24.1. The van der Waals surface area contributed by atoms with Gasteiger partial charge in [-0.3, -0.25) is 19.2 Å². The number of hydroxylamine groups is 2. The summed E-state index contributed by atoms with van der Waals surface area (Å²) in [7, 11) is 0. The van der Waals surface area contributed by atoms with E-state index < -0.39 is 51.4 Å². The van der Waals surface area contributed by atoms with Crippen LogP contribution in [-0.2, 0) is 44.9 Å². The number of phenols is 1. The van der Waals surface area contributed by atoms with Crippen LogP contribution in [0.3, 0.4) is 0 Å². The zero-order valence-electron chi connectivity index (χ0n) is 31.1. The van der Waals surface area contributed by atoms with Crippen molar-refractivity contribution in [2.24, 2.45) is 0 Å². The van der Waals surface area contributed by atoms with Crippen molar-refractivity contribution in [2.75, 3.05) is 17.9 Å². The molecule has 0 radical (unpaired) electrons. The Labute approximate surface area is 307 Å². The molecule has 2 heterocycles. The van der Waals surface area contributed by atoms with Gasteiger partial charge in [-0.15, -0.1) is 5.06 Å². The second-order valence-corrected chi connectivity index (χ2v) is 16.4. The van der Waals surface area contributed by atoms with E-state index in [9.17, 15) is 33.6 Å². The van der Waals surface area contributed by atoms with Gasteiger partial charge in [-0.1, -0.05) is 0 Å². The summed E-state index contributed by atoms with van der Waals surface area (Å²) in [5, 5.41) is 15.9. The molecule has 2 aromatic rings. The molecular weight excluding hydrogens is 694 g/mol. The number of phenolic OH excluding ortho intramolecular Hbond substituents is 1. The predicted molar refractivity (Wildman–Crippen MR) is 192 cm³/mol. The van der Waals surface area contributed by atoms with Crippen molar-refractivity contribution in [3.63, 3.8) is 0 Å². The van der Waals surface area contributed by atoms with E-state index >= 15 is 0 Å². The van der Waals surface area contributed by atoms with Gasteiger partial charge in [-0.05, 0) is 105 Å². The van der Waals surface area contributed by atoms with Crippen LogP contribution in [0, 0.1) is 0 Å². The van der Waals surface area contributed by atoms with Crippen LogP contribution in [0.15, 0.2) is 47.5 Å². The van der Waals surface area contributed by atoms with Gasteiger partial charge < -0.3 is 34.6 Å². The van der Waals surface area contributed by atoms with Crippen molar-refractivity contribution in [3.05, 3.63) is 48.2 Å². The van der Waals surface area contributed by atoms with Crippen molar-refractivity contribution in [1.29, 1.82) is 0 Å². The molecule has 1 aromatic heterocycles. The molecule has 15 nitrogen and oxygen atoms in total. The van der Waals surface area contributed by atoms with Crippen LogP contribution in [0.5, 0.6) is 5.75 Å². The number of amides is 4. The predicted octanol–water partition coefficient (Wildman–Crippen LogP) is 4.08. The van der Waals surface area contributed by atoms with Crippen molar-refractivity contribution in [2.45, 2.75) is 121 Å². The summed E-state index contributed by atoms with van der Waals surface area (Å²) >= 11 is -1.60. The molecule has 0 saturated carbocycles. The first-order valence-corrected chi connectivity index (χ1v) is 18.1. The maximum atomic E-state index is 13.0. The van der Waals surface area contributed by atoms with Crippen LogP contribution in [0.25, 0.3) is 0 Å². The average molecular weight is 746 g/mol. The summed E-state index contributed by atoms with van der Waals surface area (Å²) in [5.41, 5.74) is -2.72. The number of hydrogen-bond donors (Lipinski definition) is 4. The lowest BCUT2D eigenvalue weighted by Gasteiger charge is -2.32. The number of nitrogens with one attached hydrogen (secondary N) is 3. The van der Waals surface area contributed by atoms with E-state index in [1.807, 2.05) is 41.5 Å². The van der Waals surface area contributed by atoms with E-state index in [1.54, 1.807) is 26.0 Å². The van der Waals surface area contributed by atoms with Crippen LogP contribution in [0.2, 0.25) is 0 Å². The van der Waals surface area contributed by atoms with E-state index in [0.29, 0.717) is 34.2 Å². The number of imide groups is 1. The van der Waals surface area contributed by atoms with Gasteiger partial charge in [0.25, 0.3) is 17.7 Å². The molecule has 16 heteroatoms. The summed E-state index contributed by atoms with van der Waals surface area (Å²) in [6.07, 6.45) is 2.21. The fraction of sp³-hybridized carbons (Fsp3) is 0.556. The quantitative estimate of drug-likeness (QED) is 0.119. The molecule has 4 amide bonds. The lowest BCUT2D eigenvalue weighted by Crippen LogP contribution is -2.47. The number of rotatable bonds is 19. The molecule has 1 aliphatic rings. The Morgan fingerprint density at radius 1 is 0.827 bits per heavy atom. The minimum absolute atomic E-state index is 0.0145. The third kappa shape index (κ3) is 14.1. The zero-order chi connectivity index (χ0) is 38.9. The van der Waals surface area contributed by atoms with E-state index in [-0.39, 0.29) is 56.5 Å². The van der Waals surface area contributed by atoms with Crippen molar-refractivity contribution in [1.82, 2.24) is 20.7 Å². The second-order valence-electron chi connectivity index (χ2n) is 15.2. The summed E-state index contributed by atoms with van der Waals surface area (Å²) in [6, 6.07) is 9.06. The molecule has 52 heavy (non-hydrogen) atoms. The third-order valence-corrected chi connectivity index (χ3v) is 9.09. The van der Waals surface area contributed by atoms with Gasteiger partial charge in [0.15, 0.2) is 10.7 Å². The normalized spacial score (nSPS) is 14.6. The Morgan fingerprint density at radius 3 is 1.90 bits per heavy atom. The molecule has 1 aromatic carbocycles. The molecule has 1 aliphatic heterocycles. The number of aromatic hydroxyl groups is 1. The molecule has 1 saturated heterocycles. The number of carbonyl (C=O) groups is 5. The minimum Gasteiger partial charge on any atom is -0.588 e. The highest BCUT2D eigenvalue weighted by molar-refractivity contribution is 7.92.